The molecular formula is C31H33F2N5O3. The first-order valence-electron chi connectivity index (χ1n) is 13.8. The number of fused-ring (bicyclic) bond motifs is 1. The largest absolute Gasteiger partial charge is 0.358 e. The molecule has 0 aliphatic carbocycles. The van der Waals surface area contributed by atoms with Crippen LogP contribution in [0.25, 0.3) is 11.6 Å². The summed E-state index contributed by atoms with van der Waals surface area (Å²) in [5.41, 5.74) is 3.95. The van der Waals surface area contributed by atoms with Gasteiger partial charge in [0.15, 0.2) is 0 Å². The first kappa shape index (κ1) is 28.2. The van der Waals surface area contributed by atoms with E-state index in [0.29, 0.717) is 45.9 Å². The number of H-pyrrole nitrogens is 1. The second-order valence-electron chi connectivity index (χ2n) is 10.5. The summed E-state index contributed by atoms with van der Waals surface area (Å²) in [5.74, 6) is -2.54. The van der Waals surface area contributed by atoms with Crippen LogP contribution in [0.15, 0.2) is 36.4 Å². The number of aromatic nitrogens is 1. The molecule has 10 heteroatoms. The maximum Gasteiger partial charge on any atom is 0.256 e. The molecule has 3 aromatic rings. The maximum absolute atomic E-state index is 14.0. The minimum absolute atomic E-state index is 0.167. The Kier molecular flexibility index (Phi) is 8.30. The van der Waals surface area contributed by atoms with Crippen LogP contribution in [0, 0.1) is 25.5 Å². The molecule has 0 radical (unpaired) electrons. The van der Waals surface area contributed by atoms with Crippen molar-refractivity contribution < 1.29 is 23.2 Å². The molecule has 4 N–H and O–H groups in total. The highest BCUT2D eigenvalue weighted by Crippen LogP contribution is 2.35. The van der Waals surface area contributed by atoms with Crippen LogP contribution in [-0.4, -0.2) is 53.8 Å². The van der Waals surface area contributed by atoms with E-state index < -0.39 is 17.5 Å². The van der Waals surface area contributed by atoms with E-state index in [1.807, 2.05) is 13.8 Å². The van der Waals surface area contributed by atoms with Gasteiger partial charge in [0.05, 0.1) is 11.1 Å². The van der Waals surface area contributed by atoms with Gasteiger partial charge in [-0.25, -0.2) is 8.78 Å². The van der Waals surface area contributed by atoms with Crippen molar-refractivity contribution in [1.82, 2.24) is 20.5 Å². The molecule has 0 spiro atoms. The van der Waals surface area contributed by atoms with Crippen molar-refractivity contribution >= 4 is 35.1 Å². The zero-order chi connectivity index (χ0) is 29.1. The number of amides is 3. The van der Waals surface area contributed by atoms with Crippen LogP contribution in [0.5, 0.6) is 0 Å². The first-order valence-corrected chi connectivity index (χ1v) is 13.8. The van der Waals surface area contributed by atoms with Gasteiger partial charge in [0.2, 0.25) is 0 Å². The zero-order valence-corrected chi connectivity index (χ0v) is 23.1. The fraction of sp³-hybridized carbons (Fsp3) is 0.323. The molecule has 2 aliphatic heterocycles. The lowest BCUT2D eigenvalue weighted by Gasteiger charge is -2.26. The van der Waals surface area contributed by atoms with Gasteiger partial charge in [0.1, 0.15) is 11.6 Å². The zero-order valence-electron chi connectivity index (χ0n) is 23.1. The lowest BCUT2D eigenvalue weighted by Crippen LogP contribution is -2.37. The van der Waals surface area contributed by atoms with Gasteiger partial charge in [-0.2, -0.15) is 0 Å². The minimum atomic E-state index is -0.745. The third-order valence-corrected chi connectivity index (χ3v) is 7.71. The van der Waals surface area contributed by atoms with Gasteiger partial charge in [-0.05, 0) is 81.7 Å². The smallest absolute Gasteiger partial charge is 0.256 e. The van der Waals surface area contributed by atoms with E-state index in [4.69, 9.17) is 0 Å². The summed E-state index contributed by atoms with van der Waals surface area (Å²) in [7, 11) is 0. The summed E-state index contributed by atoms with van der Waals surface area (Å²) >= 11 is 0. The number of aryl methyl sites for hydroxylation is 1. The van der Waals surface area contributed by atoms with Crippen molar-refractivity contribution in [3.05, 3.63) is 87.2 Å². The van der Waals surface area contributed by atoms with E-state index in [0.717, 1.165) is 31.8 Å². The van der Waals surface area contributed by atoms with Crippen LogP contribution in [0.3, 0.4) is 0 Å². The van der Waals surface area contributed by atoms with Gasteiger partial charge >= 0.3 is 0 Å². The van der Waals surface area contributed by atoms with Crippen LogP contribution in [0.2, 0.25) is 0 Å². The summed E-state index contributed by atoms with van der Waals surface area (Å²) in [6.45, 7) is 6.82. The number of piperidine rings is 1. The SMILES string of the molecule is Cc1[nH]c(/C=C2\C(=O)Nc3ccc(C(=O)NCc4c(F)cccc4F)cc32)c(C)c1C(=O)NCCN1CCCCC1. The van der Waals surface area contributed by atoms with E-state index in [-0.39, 0.29) is 29.5 Å². The summed E-state index contributed by atoms with van der Waals surface area (Å²) in [5, 5.41) is 8.35. The van der Waals surface area contributed by atoms with E-state index in [9.17, 15) is 23.2 Å². The van der Waals surface area contributed by atoms with Crippen LogP contribution in [0.1, 0.15) is 68.1 Å². The number of rotatable bonds is 8. The number of carbonyl (C=O) groups excluding carboxylic acids is 3. The number of halogens is 2. The molecular weight excluding hydrogens is 528 g/mol. The Morgan fingerprint density at radius 1 is 1.00 bits per heavy atom. The predicted octanol–water partition coefficient (Wildman–Crippen LogP) is 4.55. The number of anilines is 1. The molecule has 5 rings (SSSR count). The third-order valence-electron chi connectivity index (χ3n) is 7.71. The molecule has 2 aromatic carbocycles. The summed E-state index contributed by atoms with van der Waals surface area (Å²) in [6.07, 6.45) is 5.32. The van der Waals surface area contributed by atoms with E-state index in [2.05, 4.69) is 25.8 Å². The molecule has 0 bridgehead atoms. The highest BCUT2D eigenvalue weighted by molar-refractivity contribution is 6.35. The molecule has 0 unspecified atom stereocenters. The van der Waals surface area contributed by atoms with Gasteiger partial charge in [0.25, 0.3) is 17.7 Å². The van der Waals surface area contributed by atoms with E-state index in [1.165, 1.54) is 31.4 Å². The standard InChI is InChI=1S/C31H33F2N5O3/c1-18-27(36-19(2)28(18)31(41)34-11-14-38-12-4-3-5-13-38)16-22-21-15-20(9-10-26(21)37-30(22)40)29(39)35-17-23-24(32)7-6-8-25(23)33/h6-10,15-16,36H,3-5,11-14,17H2,1-2H3,(H,34,41)(H,35,39)(H,37,40)/b22-16-. The van der Waals surface area contributed by atoms with Crippen LogP contribution in [-0.2, 0) is 11.3 Å². The van der Waals surface area contributed by atoms with Crippen molar-refractivity contribution in [3.63, 3.8) is 0 Å². The number of hydrogen-bond acceptors (Lipinski definition) is 4. The molecule has 41 heavy (non-hydrogen) atoms. The Balaban J connectivity index is 1.32. The highest BCUT2D eigenvalue weighted by atomic mass is 19.1. The van der Waals surface area contributed by atoms with Crippen LogP contribution < -0.4 is 16.0 Å². The fourth-order valence-electron chi connectivity index (χ4n) is 5.45. The second-order valence-corrected chi connectivity index (χ2v) is 10.5. The number of nitrogens with zero attached hydrogens (tertiary/aromatic N) is 1. The number of hydrogen-bond donors (Lipinski definition) is 4. The normalized spacial score (nSPS) is 16.0. The van der Waals surface area contributed by atoms with Crippen molar-refractivity contribution in [3.8, 4) is 0 Å². The summed E-state index contributed by atoms with van der Waals surface area (Å²) < 4.78 is 27.9. The van der Waals surface area contributed by atoms with E-state index >= 15 is 0 Å². The molecule has 3 amide bonds. The van der Waals surface area contributed by atoms with Crippen molar-refractivity contribution in [2.24, 2.45) is 0 Å². The Hall–Kier alpha value is -4.31. The molecule has 1 fully saturated rings. The number of benzene rings is 2. The number of nitrogens with one attached hydrogen (secondary N) is 4. The Morgan fingerprint density at radius 3 is 2.46 bits per heavy atom. The Morgan fingerprint density at radius 2 is 1.73 bits per heavy atom. The molecule has 0 saturated carbocycles. The molecule has 214 valence electrons. The molecule has 1 saturated heterocycles. The number of carbonyl (C=O) groups is 3. The molecule has 3 heterocycles. The van der Waals surface area contributed by atoms with Crippen LogP contribution in [0.4, 0.5) is 14.5 Å². The highest BCUT2D eigenvalue weighted by Gasteiger charge is 2.27. The van der Waals surface area contributed by atoms with Gasteiger partial charge < -0.3 is 25.8 Å². The summed E-state index contributed by atoms with van der Waals surface area (Å²) in [6, 6.07) is 8.22. The quantitative estimate of drug-likeness (QED) is 0.303. The first-order chi connectivity index (χ1) is 19.7. The molecule has 1 aromatic heterocycles. The lowest BCUT2D eigenvalue weighted by molar-refractivity contribution is -0.110. The molecule has 8 nitrogen and oxygen atoms in total. The van der Waals surface area contributed by atoms with Gasteiger partial charge in [-0.3, -0.25) is 14.4 Å². The van der Waals surface area contributed by atoms with Gasteiger partial charge in [0, 0.05) is 53.4 Å². The van der Waals surface area contributed by atoms with Gasteiger partial charge in [-0.15, -0.1) is 0 Å². The second kappa shape index (κ2) is 12.1. The average Bonchev–Trinajstić information content (AvgIpc) is 3.42. The van der Waals surface area contributed by atoms with Crippen molar-refractivity contribution in [1.29, 1.82) is 0 Å². The van der Waals surface area contributed by atoms with E-state index in [1.54, 1.807) is 18.2 Å². The Bertz CT molecular complexity index is 1520. The van der Waals surface area contributed by atoms with Crippen molar-refractivity contribution in [2.45, 2.75) is 39.7 Å². The molecule has 0 atom stereocenters. The number of aromatic amines is 1. The van der Waals surface area contributed by atoms with Crippen molar-refractivity contribution in [2.75, 3.05) is 31.5 Å². The monoisotopic (exact) mass is 561 g/mol. The summed E-state index contributed by atoms with van der Waals surface area (Å²) in [4.78, 5) is 44.3. The topological polar surface area (TPSA) is 106 Å². The minimum Gasteiger partial charge on any atom is -0.358 e. The van der Waals surface area contributed by atoms with Gasteiger partial charge in [-0.1, -0.05) is 12.5 Å². The predicted molar refractivity (Wildman–Crippen MR) is 153 cm³/mol. The third kappa shape index (κ3) is 6.07. The number of likely N-dealkylation sites (tertiary alicyclic amines) is 1. The van der Waals surface area contributed by atoms with Crippen LogP contribution >= 0.6 is 0 Å². The maximum atomic E-state index is 14.0. The fourth-order valence-corrected chi connectivity index (χ4v) is 5.45. The average molecular weight is 562 g/mol. The Labute approximate surface area is 237 Å². The lowest BCUT2D eigenvalue weighted by atomic mass is 10.0. The molecule has 2 aliphatic rings.